The van der Waals surface area contributed by atoms with Crippen LogP contribution in [-0.4, -0.2) is 40.5 Å². The molecule has 0 atom stereocenters. The van der Waals surface area contributed by atoms with Gasteiger partial charge in [0.2, 0.25) is 0 Å². The molecule has 7 nitrogen and oxygen atoms in total. The maximum absolute atomic E-state index is 12.6. The maximum atomic E-state index is 12.6. The van der Waals surface area contributed by atoms with Crippen molar-refractivity contribution in [1.29, 1.82) is 0 Å². The van der Waals surface area contributed by atoms with Gasteiger partial charge in [0.05, 0.1) is 25.7 Å². The van der Waals surface area contributed by atoms with Gasteiger partial charge < -0.3 is 19.7 Å². The average Bonchev–Trinajstić information content (AvgIpc) is 2.92. The Morgan fingerprint density at radius 1 is 1.07 bits per heavy atom. The first-order valence-electron chi connectivity index (χ1n) is 7.91. The molecule has 1 aliphatic heterocycles. The van der Waals surface area contributed by atoms with Crippen molar-refractivity contribution in [3.8, 4) is 23.0 Å². The zero-order valence-corrected chi connectivity index (χ0v) is 15.4. The number of hydrogen-bond donors (Lipinski definition) is 2. The number of rotatable bonds is 5. The molecule has 2 N–H and O–H groups in total. The van der Waals surface area contributed by atoms with Gasteiger partial charge in [0, 0.05) is 11.6 Å². The van der Waals surface area contributed by atoms with Crippen molar-refractivity contribution in [2.45, 2.75) is 6.54 Å². The van der Waals surface area contributed by atoms with E-state index in [2.05, 4.69) is 0 Å². The number of imide groups is 1. The lowest BCUT2D eigenvalue weighted by Gasteiger charge is -2.14. The molecule has 0 aromatic heterocycles. The van der Waals surface area contributed by atoms with Crippen molar-refractivity contribution in [2.24, 2.45) is 0 Å². The maximum Gasteiger partial charge on any atom is 0.293 e. The van der Waals surface area contributed by atoms with Crippen LogP contribution in [0, 0.1) is 0 Å². The van der Waals surface area contributed by atoms with Crippen molar-refractivity contribution >= 4 is 29.0 Å². The van der Waals surface area contributed by atoms with Crippen LogP contribution in [0.1, 0.15) is 11.1 Å². The summed E-state index contributed by atoms with van der Waals surface area (Å²) in [4.78, 5) is 26.2. The summed E-state index contributed by atoms with van der Waals surface area (Å²) in [6.07, 6.45) is 1.38. The van der Waals surface area contributed by atoms with Crippen molar-refractivity contribution in [3.05, 3.63) is 52.4 Å². The highest BCUT2D eigenvalue weighted by Gasteiger charge is 2.35. The van der Waals surface area contributed by atoms with Crippen LogP contribution in [-0.2, 0) is 11.3 Å². The molecule has 0 aliphatic carbocycles. The number of carbonyl (C=O) groups is 2. The Bertz CT molecular complexity index is 918. The van der Waals surface area contributed by atoms with Crippen LogP contribution in [0.15, 0.2) is 41.3 Å². The molecule has 0 spiro atoms. The van der Waals surface area contributed by atoms with Crippen LogP contribution in [0.5, 0.6) is 23.0 Å². The number of para-hydroxylation sites is 1. The van der Waals surface area contributed by atoms with Gasteiger partial charge in [0.25, 0.3) is 11.1 Å². The summed E-state index contributed by atoms with van der Waals surface area (Å²) in [7, 11) is 3.03. The number of phenols is 2. The summed E-state index contributed by atoms with van der Waals surface area (Å²) in [6, 6.07) is 9.53. The number of carbonyl (C=O) groups excluding carboxylic acids is 2. The molecule has 2 amide bonds. The third kappa shape index (κ3) is 3.85. The van der Waals surface area contributed by atoms with E-state index in [-0.39, 0.29) is 28.5 Å². The third-order valence-electron chi connectivity index (χ3n) is 3.96. The van der Waals surface area contributed by atoms with Crippen molar-refractivity contribution in [1.82, 2.24) is 4.90 Å². The quantitative estimate of drug-likeness (QED) is 0.600. The number of phenolic OH excluding ortho intramolecular Hbond substituents is 2. The molecule has 1 aliphatic rings. The number of thioether (sulfide) groups is 1. The van der Waals surface area contributed by atoms with E-state index in [1.165, 1.54) is 38.5 Å². The smallest absolute Gasteiger partial charge is 0.293 e. The number of methoxy groups -OCH3 is 2. The number of amides is 2. The fourth-order valence-corrected chi connectivity index (χ4v) is 3.41. The molecule has 1 saturated heterocycles. The molecule has 0 saturated carbocycles. The van der Waals surface area contributed by atoms with Gasteiger partial charge >= 0.3 is 0 Å². The van der Waals surface area contributed by atoms with E-state index >= 15 is 0 Å². The van der Waals surface area contributed by atoms with Crippen molar-refractivity contribution < 1.29 is 29.3 Å². The van der Waals surface area contributed by atoms with Crippen LogP contribution >= 0.6 is 11.8 Å². The Kier molecular flexibility index (Phi) is 5.27. The summed E-state index contributed by atoms with van der Waals surface area (Å²) in [5.41, 5.74) is 0.929. The Labute approximate surface area is 159 Å². The van der Waals surface area contributed by atoms with E-state index in [1.807, 2.05) is 0 Å². The first-order valence-corrected chi connectivity index (χ1v) is 8.73. The lowest BCUT2D eigenvalue weighted by atomic mass is 10.1. The summed E-state index contributed by atoms with van der Waals surface area (Å²) in [6.45, 7) is 0.0571. The second kappa shape index (κ2) is 7.63. The fourth-order valence-electron chi connectivity index (χ4n) is 2.58. The molecule has 2 aromatic rings. The molecule has 140 valence electrons. The van der Waals surface area contributed by atoms with Crippen molar-refractivity contribution in [3.63, 3.8) is 0 Å². The Balaban J connectivity index is 1.87. The topological polar surface area (TPSA) is 96.3 Å². The van der Waals surface area contributed by atoms with Gasteiger partial charge in [0.15, 0.2) is 11.5 Å². The molecule has 0 unspecified atom stereocenters. The van der Waals surface area contributed by atoms with Gasteiger partial charge in [-0.2, -0.15) is 0 Å². The second-order valence-electron chi connectivity index (χ2n) is 5.70. The number of hydrogen-bond acceptors (Lipinski definition) is 7. The minimum absolute atomic E-state index is 0.0571. The van der Waals surface area contributed by atoms with Gasteiger partial charge in [-0.1, -0.05) is 12.1 Å². The minimum Gasteiger partial charge on any atom is -0.504 e. The second-order valence-corrected chi connectivity index (χ2v) is 6.70. The van der Waals surface area contributed by atoms with Crippen molar-refractivity contribution in [2.75, 3.05) is 14.2 Å². The highest BCUT2D eigenvalue weighted by Crippen LogP contribution is 2.37. The number of ether oxygens (including phenoxy) is 2. The lowest BCUT2D eigenvalue weighted by Crippen LogP contribution is -2.27. The largest absolute Gasteiger partial charge is 0.504 e. The summed E-state index contributed by atoms with van der Waals surface area (Å²) < 4.78 is 10.4. The molecule has 0 bridgehead atoms. The molecule has 1 heterocycles. The van der Waals surface area contributed by atoms with Gasteiger partial charge in [-0.15, -0.1) is 0 Å². The van der Waals surface area contributed by atoms with Crippen LogP contribution in [0.4, 0.5) is 4.79 Å². The molecule has 27 heavy (non-hydrogen) atoms. The number of benzene rings is 2. The Morgan fingerprint density at radius 3 is 2.37 bits per heavy atom. The average molecular weight is 387 g/mol. The summed E-state index contributed by atoms with van der Waals surface area (Å²) in [5.74, 6) is -0.0177. The third-order valence-corrected chi connectivity index (χ3v) is 4.87. The molecule has 0 radical (unpaired) electrons. The summed E-state index contributed by atoms with van der Waals surface area (Å²) >= 11 is 0.774. The van der Waals surface area contributed by atoms with Crippen LogP contribution < -0.4 is 9.47 Å². The van der Waals surface area contributed by atoms with E-state index < -0.39 is 11.1 Å². The van der Waals surface area contributed by atoms with Gasteiger partial charge in [-0.05, 0) is 41.6 Å². The first-order chi connectivity index (χ1) is 12.9. The Hall–Kier alpha value is -3.13. The predicted octanol–water partition coefficient (Wildman–Crippen LogP) is 3.35. The SMILES string of the molecule is COc1cc(CN2C(=O)S/C(=C\c3cccc(O)c3O)C2=O)cc(OC)c1. The fraction of sp³-hybridized carbons (Fsp3) is 0.158. The minimum atomic E-state index is -0.477. The standard InChI is InChI=1S/C19H17NO6S/c1-25-13-6-11(7-14(9-13)26-2)10-20-18(23)16(27-19(20)24)8-12-4-3-5-15(21)17(12)22/h3-9,21-22H,10H2,1-2H3/b16-8-. The normalized spacial score (nSPS) is 15.5. The molecular weight excluding hydrogens is 370 g/mol. The zero-order valence-electron chi connectivity index (χ0n) is 14.6. The first kappa shape index (κ1) is 18.7. The molecule has 8 heteroatoms. The number of nitrogens with zero attached hydrogens (tertiary/aromatic N) is 1. The lowest BCUT2D eigenvalue weighted by molar-refractivity contribution is -0.123. The Morgan fingerprint density at radius 2 is 1.74 bits per heavy atom. The highest BCUT2D eigenvalue weighted by molar-refractivity contribution is 8.18. The number of aromatic hydroxyl groups is 2. The summed E-state index contributed by atoms with van der Waals surface area (Å²) in [5, 5.41) is 19.0. The monoisotopic (exact) mass is 387 g/mol. The van der Waals surface area contributed by atoms with Crippen LogP contribution in [0.2, 0.25) is 0 Å². The molecule has 2 aromatic carbocycles. The molecule has 1 fully saturated rings. The van der Waals surface area contributed by atoms with E-state index in [4.69, 9.17) is 9.47 Å². The van der Waals surface area contributed by atoms with E-state index in [1.54, 1.807) is 18.2 Å². The van der Waals surface area contributed by atoms with Crippen LogP contribution in [0.25, 0.3) is 6.08 Å². The van der Waals surface area contributed by atoms with Gasteiger partial charge in [0.1, 0.15) is 11.5 Å². The molecular formula is C19H17NO6S. The predicted molar refractivity (Wildman–Crippen MR) is 101 cm³/mol. The van der Waals surface area contributed by atoms with Gasteiger partial charge in [-0.3, -0.25) is 14.5 Å². The van der Waals surface area contributed by atoms with E-state index in [0.29, 0.717) is 17.1 Å². The van der Waals surface area contributed by atoms with Gasteiger partial charge in [-0.25, -0.2) is 0 Å². The van der Waals surface area contributed by atoms with Crippen LogP contribution in [0.3, 0.4) is 0 Å². The molecule has 3 rings (SSSR count). The highest BCUT2D eigenvalue weighted by atomic mass is 32.2. The zero-order chi connectivity index (χ0) is 19.6. The van der Waals surface area contributed by atoms with E-state index in [9.17, 15) is 19.8 Å². The van der Waals surface area contributed by atoms with E-state index in [0.717, 1.165) is 16.7 Å².